The van der Waals surface area contributed by atoms with E-state index in [9.17, 15) is 32.3 Å². The van der Waals surface area contributed by atoms with Crippen LogP contribution in [-0.2, 0) is 25.4 Å². The third kappa shape index (κ3) is 7.50. The first-order chi connectivity index (χ1) is 17.7. The van der Waals surface area contributed by atoms with E-state index in [1.807, 2.05) is 0 Å². The van der Waals surface area contributed by atoms with Crippen molar-refractivity contribution in [3.8, 4) is 10.6 Å². The highest BCUT2D eigenvalue weighted by Crippen LogP contribution is 2.33. The molecular formula is C23H28F3N7O4S. The van der Waals surface area contributed by atoms with Gasteiger partial charge >= 0.3 is 6.18 Å². The number of hydrogen-bond acceptors (Lipinski definition) is 9. The Balaban J connectivity index is 2.20. The number of pyridine rings is 1. The number of rotatable bonds is 11. The van der Waals surface area contributed by atoms with Crippen LogP contribution in [0.3, 0.4) is 0 Å². The molecule has 1 unspecified atom stereocenters. The van der Waals surface area contributed by atoms with Gasteiger partial charge in [0.2, 0.25) is 12.3 Å². The van der Waals surface area contributed by atoms with Crippen LogP contribution in [0.25, 0.3) is 10.6 Å². The molecule has 2 heterocycles. The van der Waals surface area contributed by atoms with E-state index in [2.05, 4.69) is 20.6 Å². The van der Waals surface area contributed by atoms with E-state index < -0.39 is 29.7 Å². The molecule has 3 amide bonds. The van der Waals surface area contributed by atoms with Crippen molar-refractivity contribution in [2.75, 3.05) is 26.0 Å². The van der Waals surface area contributed by atoms with E-state index in [0.29, 0.717) is 17.0 Å². The van der Waals surface area contributed by atoms with E-state index in [-0.39, 0.29) is 41.6 Å². The molecule has 0 saturated heterocycles. The van der Waals surface area contributed by atoms with Gasteiger partial charge in [-0.05, 0) is 25.5 Å². The van der Waals surface area contributed by atoms with Crippen molar-refractivity contribution in [2.45, 2.75) is 39.4 Å². The first-order valence-corrected chi connectivity index (χ1v) is 12.1. The third-order valence-electron chi connectivity index (χ3n) is 5.27. The van der Waals surface area contributed by atoms with Crippen molar-refractivity contribution in [2.24, 2.45) is 5.73 Å². The van der Waals surface area contributed by atoms with E-state index in [0.717, 1.165) is 27.3 Å². The Kier molecular flexibility index (Phi) is 9.93. The molecule has 0 fully saturated rings. The number of nitrogens with one attached hydrogen (secondary N) is 2. The van der Waals surface area contributed by atoms with E-state index >= 15 is 0 Å². The van der Waals surface area contributed by atoms with Crippen LogP contribution >= 0.6 is 11.3 Å². The summed E-state index contributed by atoms with van der Waals surface area (Å²) in [5.74, 6) is -1.67. The molecule has 11 nitrogen and oxygen atoms in total. The number of thiazole rings is 1. The lowest BCUT2D eigenvalue weighted by Crippen LogP contribution is -2.46. The SMILES string of the molecule is CCC(=O)CN(C)C(=O)/C(NC(C)C(=O)Nc1csc(-c2cnc(C(F)(F)F)c(C)c2)n1)=C(/N)N(C)C=O. The van der Waals surface area contributed by atoms with Gasteiger partial charge in [-0.15, -0.1) is 11.3 Å². The van der Waals surface area contributed by atoms with Gasteiger partial charge in [-0.3, -0.25) is 24.2 Å². The molecule has 0 bridgehead atoms. The maximum Gasteiger partial charge on any atom is 0.433 e. The fourth-order valence-electron chi connectivity index (χ4n) is 3.09. The Morgan fingerprint density at radius 3 is 2.47 bits per heavy atom. The molecule has 2 aromatic heterocycles. The van der Waals surface area contributed by atoms with Crippen molar-refractivity contribution in [1.29, 1.82) is 0 Å². The van der Waals surface area contributed by atoms with Crippen molar-refractivity contribution in [1.82, 2.24) is 25.1 Å². The Morgan fingerprint density at radius 1 is 1.26 bits per heavy atom. The second-order valence-electron chi connectivity index (χ2n) is 8.31. The van der Waals surface area contributed by atoms with Crippen LogP contribution in [-0.4, -0.2) is 70.5 Å². The van der Waals surface area contributed by atoms with Crippen LogP contribution in [0.2, 0.25) is 0 Å². The van der Waals surface area contributed by atoms with Gasteiger partial charge in [0.05, 0.1) is 6.54 Å². The Morgan fingerprint density at radius 2 is 1.92 bits per heavy atom. The molecule has 4 N–H and O–H groups in total. The van der Waals surface area contributed by atoms with Gasteiger partial charge < -0.3 is 26.2 Å². The van der Waals surface area contributed by atoms with Crippen LogP contribution in [0.15, 0.2) is 29.2 Å². The summed E-state index contributed by atoms with van der Waals surface area (Å²) in [4.78, 5) is 58.5. The van der Waals surface area contributed by atoms with Crippen molar-refractivity contribution in [3.63, 3.8) is 0 Å². The highest BCUT2D eigenvalue weighted by Gasteiger charge is 2.34. The number of ketones is 1. The second kappa shape index (κ2) is 12.5. The van der Waals surface area contributed by atoms with Gasteiger partial charge in [-0.25, -0.2) is 4.98 Å². The standard InChI is InChI=1S/C23H28F3N7O4S/c1-6-15(35)9-32(4)22(37)17(19(27)33(5)11-34)29-13(3)20(36)30-16-10-38-21(31-16)14-7-12(2)18(28-8-14)23(24,25)26/h7-8,10-11,13,29H,6,9,27H2,1-5H3,(H,30,36)/b19-17+. The zero-order valence-corrected chi connectivity index (χ0v) is 22.2. The quantitative estimate of drug-likeness (QED) is 0.282. The molecule has 0 aliphatic rings. The van der Waals surface area contributed by atoms with Crippen molar-refractivity contribution < 1.29 is 32.3 Å². The highest BCUT2D eigenvalue weighted by atomic mass is 32.1. The topological polar surface area (TPSA) is 151 Å². The van der Waals surface area contributed by atoms with Gasteiger partial charge in [0.25, 0.3) is 5.91 Å². The molecule has 0 aliphatic heterocycles. The second-order valence-corrected chi connectivity index (χ2v) is 9.17. The largest absolute Gasteiger partial charge is 0.433 e. The molecule has 0 aliphatic carbocycles. The summed E-state index contributed by atoms with van der Waals surface area (Å²) in [6.45, 7) is 4.18. The number of carbonyl (C=O) groups is 4. The minimum absolute atomic E-state index is 0.0684. The zero-order valence-electron chi connectivity index (χ0n) is 21.3. The number of alkyl halides is 3. The zero-order chi connectivity index (χ0) is 28.8. The summed E-state index contributed by atoms with van der Waals surface area (Å²) in [6.07, 6.45) is -2.93. The smallest absolute Gasteiger partial charge is 0.383 e. The molecule has 206 valence electrons. The van der Waals surface area contributed by atoms with Crippen molar-refractivity contribution in [3.05, 3.63) is 40.4 Å². The fraction of sp³-hybridized carbons (Fsp3) is 0.391. The highest BCUT2D eigenvalue weighted by molar-refractivity contribution is 7.13. The van der Waals surface area contributed by atoms with E-state index in [4.69, 9.17) is 5.73 Å². The fourth-order valence-corrected chi connectivity index (χ4v) is 3.82. The number of Topliss-reactive ketones (excluding diaryl/α,β-unsaturated/α-hetero) is 1. The molecule has 0 spiro atoms. The van der Waals surface area contributed by atoms with Crippen LogP contribution in [0, 0.1) is 6.92 Å². The maximum atomic E-state index is 13.0. The number of nitrogens with zero attached hydrogens (tertiary/aromatic N) is 4. The molecular weight excluding hydrogens is 527 g/mol. The van der Waals surface area contributed by atoms with E-state index in [1.54, 1.807) is 6.92 Å². The van der Waals surface area contributed by atoms with Gasteiger partial charge in [-0.1, -0.05) is 6.92 Å². The molecule has 2 rings (SSSR count). The van der Waals surface area contributed by atoms with Crippen molar-refractivity contribution >= 4 is 41.2 Å². The number of amides is 3. The minimum Gasteiger partial charge on any atom is -0.383 e. The first kappa shape index (κ1) is 30.2. The average Bonchev–Trinajstić information content (AvgIpc) is 3.33. The summed E-state index contributed by atoms with van der Waals surface area (Å²) in [7, 11) is 2.69. The van der Waals surface area contributed by atoms with E-state index in [1.165, 1.54) is 39.4 Å². The molecule has 2 aromatic rings. The molecule has 1 atom stereocenters. The molecule has 15 heteroatoms. The predicted octanol–water partition coefficient (Wildman–Crippen LogP) is 2.10. The number of nitrogens with two attached hydrogens (primary N) is 1. The summed E-state index contributed by atoms with van der Waals surface area (Å²) >= 11 is 1.09. The maximum absolute atomic E-state index is 13.0. The number of aryl methyl sites for hydroxylation is 1. The first-order valence-electron chi connectivity index (χ1n) is 11.2. The predicted molar refractivity (Wildman–Crippen MR) is 134 cm³/mol. The summed E-state index contributed by atoms with van der Waals surface area (Å²) in [5.41, 5.74) is 4.97. The summed E-state index contributed by atoms with van der Waals surface area (Å²) in [6, 6.07) is 0.252. The molecule has 0 saturated carbocycles. The van der Waals surface area contributed by atoms with Gasteiger partial charge in [0.1, 0.15) is 34.1 Å². The number of carbonyl (C=O) groups excluding carboxylic acids is 4. The monoisotopic (exact) mass is 555 g/mol. The number of likely N-dealkylation sites (N-methyl/N-ethyl adjacent to an activating group) is 1. The lowest BCUT2D eigenvalue weighted by molar-refractivity contribution is -0.141. The third-order valence-corrected chi connectivity index (χ3v) is 6.16. The number of halogens is 3. The average molecular weight is 556 g/mol. The van der Waals surface area contributed by atoms with Gasteiger partial charge in [0.15, 0.2) is 5.78 Å². The molecule has 0 radical (unpaired) electrons. The van der Waals surface area contributed by atoms with Crippen LogP contribution in [0.5, 0.6) is 0 Å². The normalized spacial score (nSPS) is 12.7. The Hall–Kier alpha value is -4.01. The number of anilines is 1. The van der Waals surface area contributed by atoms with Gasteiger partial charge in [0, 0.05) is 37.7 Å². The summed E-state index contributed by atoms with van der Waals surface area (Å²) in [5, 5.41) is 7.07. The number of aromatic nitrogens is 2. The number of hydrogen-bond donors (Lipinski definition) is 3. The van der Waals surface area contributed by atoms with Crippen LogP contribution in [0.4, 0.5) is 19.0 Å². The van der Waals surface area contributed by atoms with Crippen LogP contribution in [0.1, 0.15) is 31.5 Å². The minimum atomic E-state index is -4.58. The lowest BCUT2D eigenvalue weighted by atomic mass is 10.1. The molecule has 38 heavy (non-hydrogen) atoms. The Bertz CT molecular complexity index is 1250. The van der Waals surface area contributed by atoms with Crippen LogP contribution < -0.4 is 16.4 Å². The summed E-state index contributed by atoms with van der Waals surface area (Å²) < 4.78 is 38.9. The Labute approximate surface area is 220 Å². The van der Waals surface area contributed by atoms with Gasteiger partial charge in [-0.2, -0.15) is 13.2 Å². The molecule has 0 aromatic carbocycles. The lowest BCUT2D eigenvalue weighted by Gasteiger charge is -2.24.